The monoisotopic (exact) mass is 144 g/mol. The van der Waals surface area contributed by atoms with Gasteiger partial charge in [-0.25, -0.2) is 0 Å². The molecule has 58 valence electrons. The lowest BCUT2D eigenvalue weighted by molar-refractivity contribution is -0.00727. The topological polar surface area (TPSA) is 27.7 Å². The van der Waals surface area contributed by atoms with Crippen LogP contribution in [0.4, 0.5) is 0 Å². The second-order valence-electron chi connectivity index (χ2n) is 2.77. The van der Waals surface area contributed by atoms with Crippen molar-refractivity contribution in [2.24, 2.45) is 0 Å². The summed E-state index contributed by atoms with van der Waals surface area (Å²) in [7, 11) is 1.71. The van der Waals surface area contributed by atoms with E-state index in [1.54, 1.807) is 7.11 Å². The minimum absolute atomic E-state index is 0.174. The Kier molecular flexibility index (Phi) is 1.64. The predicted molar refractivity (Wildman–Crippen MR) is 34.9 cm³/mol. The zero-order valence-corrected chi connectivity index (χ0v) is 6.08. The van der Waals surface area contributed by atoms with E-state index >= 15 is 0 Å². The van der Waals surface area contributed by atoms with Crippen LogP contribution in [-0.2, 0) is 14.2 Å². The minimum Gasteiger partial charge on any atom is -0.376 e. The highest BCUT2D eigenvalue weighted by atomic mass is 16.6. The Morgan fingerprint density at radius 3 is 3.10 bits per heavy atom. The lowest BCUT2D eigenvalue weighted by Crippen LogP contribution is -2.28. The first-order chi connectivity index (χ1) is 4.92. The molecule has 2 rings (SSSR count). The average molecular weight is 144 g/mol. The highest BCUT2D eigenvalue weighted by molar-refractivity contribution is 4.89. The average Bonchev–Trinajstić information content (AvgIpc) is 2.44. The summed E-state index contributed by atoms with van der Waals surface area (Å²) < 4.78 is 16.0. The van der Waals surface area contributed by atoms with E-state index in [1.165, 1.54) is 0 Å². The zero-order chi connectivity index (χ0) is 6.97. The standard InChI is InChI=1S/C7H12O3/c1-8-6-4-10-5-2-3-9-7(5)6/h5-7H,2-4H2,1H3/t5-,6?,7+/m0/s1. The smallest absolute Gasteiger partial charge is 0.112 e. The van der Waals surface area contributed by atoms with Crippen LogP contribution in [0.2, 0.25) is 0 Å². The quantitative estimate of drug-likeness (QED) is 0.525. The Hall–Kier alpha value is -0.120. The molecule has 0 N–H and O–H groups in total. The van der Waals surface area contributed by atoms with Crippen molar-refractivity contribution in [1.29, 1.82) is 0 Å². The highest BCUT2D eigenvalue weighted by Gasteiger charge is 2.41. The molecule has 2 heterocycles. The van der Waals surface area contributed by atoms with E-state index in [4.69, 9.17) is 14.2 Å². The maximum absolute atomic E-state index is 5.43. The molecule has 3 atom stereocenters. The molecule has 0 aliphatic carbocycles. The van der Waals surface area contributed by atoms with Gasteiger partial charge in [0.15, 0.2) is 0 Å². The molecule has 0 spiro atoms. The van der Waals surface area contributed by atoms with Gasteiger partial charge in [-0.1, -0.05) is 0 Å². The largest absolute Gasteiger partial charge is 0.376 e. The number of ether oxygens (including phenoxy) is 3. The fourth-order valence-corrected chi connectivity index (χ4v) is 1.63. The van der Waals surface area contributed by atoms with E-state index < -0.39 is 0 Å². The first kappa shape index (κ1) is 6.58. The molecule has 0 amide bonds. The normalized spacial score (nSPS) is 45.9. The van der Waals surface area contributed by atoms with E-state index in [-0.39, 0.29) is 12.2 Å². The van der Waals surface area contributed by atoms with Crippen LogP contribution in [0.15, 0.2) is 0 Å². The van der Waals surface area contributed by atoms with Gasteiger partial charge < -0.3 is 14.2 Å². The van der Waals surface area contributed by atoms with Gasteiger partial charge in [0, 0.05) is 13.7 Å². The highest BCUT2D eigenvalue weighted by Crippen LogP contribution is 2.27. The third-order valence-electron chi connectivity index (χ3n) is 2.22. The van der Waals surface area contributed by atoms with E-state index in [9.17, 15) is 0 Å². The summed E-state index contributed by atoms with van der Waals surface area (Å²) in [6, 6.07) is 0. The molecule has 3 nitrogen and oxygen atoms in total. The van der Waals surface area contributed by atoms with Crippen LogP contribution < -0.4 is 0 Å². The van der Waals surface area contributed by atoms with Crippen LogP contribution in [-0.4, -0.2) is 38.6 Å². The number of rotatable bonds is 1. The van der Waals surface area contributed by atoms with Crippen molar-refractivity contribution in [2.45, 2.75) is 24.7 Å². The fraction of sp³-hybridized carbons (Fsp3) is 1.00. The first-order valence-corrected chi connectivity index (χ1v) is 3.68. The molecule has 2 saturated heterocycles. The maximum atomic E-state index is 5.43. The third kappa shape index (κ3) is 0.856. The van der Waals surface area contributed by atoms with Gasteiger partial charge in [0.2, 0.25) is 0 Å². The van der Waals surface area contributed by atoms with Gasteiger partial charge in [-0.15, -0.1) is 0 Å². The van der Waals surface area contributed by atoms with Gasteiger partial charge in [0.1, 0.15) is 12.2 Å². The Balaban J connectivity index is 2.01. The molecule has 0 saturated carbocycles. The molecule has 2 fully saturated rings. The summed E-state index contributed by atoms with van der Waals surface area (Å²) >= 11 is 0. The van der Waals surface area contributed by atoms with Crippen LogP contribution >= 0.6 is 0 Å². The van der Waals surface area contributed by atoms with Crippen LogP contribution in [0.1, 0.15) is 6.42 Å². The van der Waals surface area contributed by atoms with Crippen molar-refractivity contribution in [3.63, 3.8) is 0 Å². The SMILES string of the molecule is COC1CO[C@H]2CCO[C@@H]12. The van der Waals surface area contributed by atoms with Gasteiger partial charge in [0.25, 0.3) is 0 Å². The summed E-state index contributed by atoms with van der Waals surface area (Å²) in [5.74, 6) is 0. The van der Waals surface area contributed by atoms with Crippen molar-refractivity contribution < 1.29 is 14.2 Å². The maximum Gasteiger partial charge on any atom is 0.112 e. The Bertz CT molecular complexity index is 126. The van der Waals surface area contributed by atoms with Crippen molar-refractivity contribution in [3.8, 4) is 0 Å². The van der Waals surface area contributed by atoms with E-state index in [2.05, 4.69) is 0 Å². The Labute approximate surface area is 60.3 Å². The number of fused-ring (bicyclic) bond motifs is 1. The molecule has 0 aromatic carbocycles. The van der Waals surface area contributed by atoms with Gasteiger partial charge in [-0.2, -0.15) is 0 Å². The summed E-state index contributed by atoms with van der Waals surface area (Å²) in [4.78, 5) is 0. The molecule has 1 unspecified atom stereocenters. The van der Waals surface area contributed by atoms with Gasteiger partial charge >= 0.3 is 0 Å². The molecular weight excluding hydrogens is 132 g/mol. The number of methoxy groups -OCH3 is 1. The van der Waals surface area contributed by atoms with Gasteiger partial charge in [0.05, 0.1) is 12.7 Å². The van der Waals surface area contributed by atoms with Crippen LogP contribution in [0.3, 0.4) is 0 Å². The summed E-state index contributed by atoms with van der Waals surface area (Å²) in [5, 5.41) is 0. The van der Waals surface area contributed by atoms with Crippen LogP contribution in [0.25, 0.3) is 0 Å². The van der Waals surface area contributed by atoms with Gasteiger partial charge in [-0.3, -0.25) is 0 Å². The lowest BCUT2D eigenvalue weighted by atomic mass is 10.1. The van der Waals surface area contributed by atoms with Crippen LogP contribution in [0.5, 0.6) is 0 Å². The van der Waals surface area contributed by atoms with E-state index in [0.717, 1.165) is 13.0 Å². The van der Waals surface area contributed by atoms with E-state index in [0.29, 0.717) is 12.7 Å². The molecule has 10 heavy (non-hydrogen) atoms. The molecular formula is C7H12O3. The molecule has 0 aromatic rings. The lowest BCUT2D eigenvalue weighted by Gasteiger charge is -2.12. The van der Waals surface area contributed by atoms with Crippen LogP contribution in [0, 0.1) is 0 Å². The fourth-order valence-electron chi connectivity index (χ4n) is 1.63. The molecule has 0 bridgehead atoms. The molecule has 2 aliphatic rings. The number of hydrogen-bond donors (Lipinski definition) is 0. The predicted octanol–water partition coefficient (Wildman–Crippen LogP) is 0.189. The van der Waals surface area contributed by atoms with Crippen molar-refractivity contribution in [2.75, 3.05) is 20.3 Å². The second-order valence-corrected chi connectivity index (χ2v) is 2.77. The van der Waals surface area contributed by atoms with Crippen molar-refractivity contribution >= 4 is 0 Å². The summed E-state index contributed by atoms with van der Waals surface area (Å²) in [6.07, 6.45) is 1.73. The second kappa shape index (κ2) is 2.49. The Morgan fingerprint density at radius 2 is 2.30 bits per heavy atom. The Morgan fingerprint density at radius 1 is 1.40 bits per heavy atom. The zero-order valence-electron chi connectivity index (χ0n) is 6.08. The van der Waals surface area contributed by atoms with E-state index in [1.807, 2.05) is 0 Å². The molecule has 2 aliphatic heterocycles. The molecule has 0 radical (unpaired) electrons. The van der Waals surface area contributed by atoms with Crippen molar-refractivity contribution in [1.82, 2.24) is 0 Å². The third-order valence-corrected chi connectivity index (χ3v) is 2.22. The molecule has 0 aromatic heterocycles. The summed E-state index contributed by atoms with van der Waals surface area (Å²) in [6.45, 7) is 1.53. The first-order valence-electron chi connectivity index (χ1n) is 3.68. The van der Waals surface area contributed by atoms with Crippen molar-refractivity contribution in [3.05, 3.63) is 0 Å². The van der Waals surface area contributed by atoms with Gasteiger partial charge in [-0.05, 0) is 6.42 Å². The minimum atomic E-state index is 0.174. The summed E-state index contributed by atoms with van der Waals surface area (Å²) in [5.41, 5.74) is 0. The molecule has 3 heteroatoms. The number of hydrogen-bond acceptors (Lipinski definition) is 3.